The number of nitrogens with two attached hydrogens (primary N) is 1. The number of rotatable bonds is 3. The van der Waals surface area contributed by atoms with E-state index in [1.165, 1.54) is 19.3 Å². The van der Waals surface area contributed by atoms with Crippen molar-refractivity contribution in [2.45, 2.75) is 44.7 Å². The fourth-order valence-electron chi connectivity index (χ4n) is 3.78. The largest absolute Gasteiger partial charge is 0.349 e. The van der Waals surface area contributed by atoms with Gasteiger partial charge in [0.2, 0.25) is 5.91 Å². The van der Waals surface area contributed by atoms with Crippen LogP contribution in [-0.2, 0) is 18.4 Å². The minimum Gasteiger partial charge on any atom is -0.349 e. The summed E-state index contributed by atoms with van der Waals surface area (Å²) in [4.78, 5) is 12.3. The molecule has 8 heteroatoms. The molecular weight excluding hydrogens is 325 g/mol. The summed E-state index contributed by atoms with van der Waals surface area (Å²) in [6, 6.07) is 0.312. The molecule has 0 aromatic carbocycles. The van der Waals surface area contributed by atoms with Crippen LogP contribution in [-0.4, -0.2) is 26.7 Å². The first-order chi connectivity index (χ1) is 9.65. The van der Waals surface area contributed by atoms with Crippen LogP contribution in [0.25, 0.3) is 0 Å². The highest BCUT2D eigenvalue weighted by Crippen LogP contribution is 2.41. The van der Waals surface area contributed by atoms with Gasteiger partial charge in [-0.05, 0) is 37.5 Å². The van der Waals surface area contributed by atoms with E-state index in [4.69, 9.17) is 5.73 Å². The molecule has 1 heterocycles. The minimum absolute atomic E-state index is 0. The zero-order chi connectivity index (χ0) is 14.1. The van der Waals surface area contributed by atoms with Gasteiger partial charge in [-0.25, -0.2) is 0 Å². The Labute approximate surface area is 143 Å². The van der Waals surface area contributed by atoms with Crippen molar-refractivity contribution in [2.75, 3.05) is 0 Å². The van der Waals surface area contributed by atoms with Gasteiger partial charge in [0.25, 0.3) is 0 Å². The summed E-state index contributed by atoms with van der Waals surface area (Å²) >= 11 is 0. The van der Waals surface area contributed by atoms with Crippen LogP contribution in [0.4, 0.5) is 0 Å². The van der Waals surface area contributed by atoms with Crippen molar-refractivity contribution in [1.29, 1.82) is 0 Å². The zero-order valence-electron chi connectivity index (χ0n) is 12.8. The SMILES string of the molecule is Cl.Cl.Cn1cnnc1CNC(=O)C1CC2CCCC(C1)C2N. The number of hydrogen-bond acceptors (Lipinski definition) is 4. The van der Waals surface area contributed by atoms with E-state index >= 15 is 0 Å². The van der Waals surface area contributed by atoms with Crippen molar-refractivity contribution in [3.8, 4) is 0 Å². The molecule has 1 aromatic heterocycles. The molecule has 126 valence electrons. The second kappa shape index (κ2) is 8.13. The quantitative estimate of drug-likeness (QED) is 0.864. The maximum atomic E-state index is 12.3. The number of carbonyl (C=O) groups is 1. The van der Waals surface area contributed by atoms with Crippen LogP contribution in [0.1, 0.15) is 37.9 Å². The molecule has 3 rings (SSSR count). The molecule has 0 saturated heterocycles. The predicted molar refractivity (Wildman–Crippen MR) is 88.9 cm³/mol. The number of amides is 1. The summed E-state index contributed by atoms with van der Waals surface area (Å²) in [5.41, 5.74) is 6.26. The zero-order valence-corrected chi connectivity index (χ0v) is 14.4. The third-order valence-electron chi connectivity index (χ3n) is 5.01. The second-order valence-electron chi connectivity index (χ2n) is 6.27. The number of halogens is 2. The van der Waals surface area contributed by atoms with Gasteiger partial charge in [-0.15, -0.1) is 35.0 Å². The van der Waals surface area contributed by atoms with Crippen molar-refractivity contribution in [2.24, 2.45) is 30.5 Å². The number of carbonyl (C=O) groups excluding carboxylic acids is 1. The first-order valence-corrected chi connectivity index (χ1v) is 7.51. The Balaban J connectivity index is 0.00000121. The van der Waals surface area contributed by atoms with E-state index in [2.05, 4.69) is 15.5 Å². The molecule has 0 aliphatic heterocycles. The molecule has 2 aliphatic rings. The van der Waals surface area contributed by atoms with E-state index in [1.54, 1.807) is 6.33 Å². The van der Waals surface area contributed by atoms with Crippen molar-refractivity contribution in [1.82, 2.24) is 20.1 Å². The van der Waals surface area contributed by atoms with Crippen LogP contribution in [0.2, 0.25) is 0 Å². The predicted octanol–water partition coefficient (Wildman–Crippen LogP) is 1.43. The molecule has 0 spiro atoms. The molecule has 2 unspecified atom stereocenters. The topological polar surface area (TPSA) is 85.8 Å². The Hall–Kier alpha value is -0.850. The van der Waals surface area contributed by atoms with Gasteiger partial charge in [0.15, 0.2) is 5.82 Å². The third kappa shape index (κ3) is 3.91. The standard InChI is InChI=1S/C14H23N5O.2ClH/c1-19-8-17-18-12(19)7-16-14(20)11-5-9-3-2-4-10(6-11)13(9)15;;/h8-11,13H,2-7,15H2,1H3,(H,16,20);2*1H. The molecule has 3 N–H and O–H groups in total. The fourth-order valence-corrected chi connectivity index (χ4v) is 3.78. The van der Waals surface area contributed by atoms with Crippen LogP contribution >= 0.6 is 24.8 Å². The molecule has 2 bridgehead atoms. The number of aryl methyl sites for hydroxylation is 1. The van der Waals surface area contributed by atoms with Crippen molar-refractivity contribution < 1.29 is 4.79 Å². The van der Waals surface area contributed by atoms with Gasteiger partial charge in [0, 0.05) is 19.0 Å². The third-order valence-corrected chi connectivity index (χ3v) is 5.01. The van der Waals surface area contributed by atoms with Crippen molar-refractivity contribution >= 4 is 30.7 Å². The molecule has 22 heavy (non-hydrogen) atoms. The Bertz CT molecular complexity index is 481. The summed E-state index contributed by atoms with van der Waals surface area (Å²) in [7, 11) is 1.88. The Kier molecular flexibility index (Phi) is 7.09. The van der Waals surface area contributed by atoms with Gasteiger partial charge in [0.05, 0.1) is 6.54 Å². The Morgan fingerprint density at radius 2 is 2.00 bits per heavy atom. The molecule has 2 fully saturated rings. The highest BCUT2D eigenvalue weighted by Gasteiger charge is 2.40. The second-order valence-corrected chi connectivity index (χ2v) is 6.27. The molecule has 0 radical (unpaired) electrons. The number of nitrogens with one attached hydrogen (secondary N) is 1. The monoisotopic (exact) mass is 349 g/mol. The molecule has 6 nitrogen and oxygen atoms in total. The lowest BCUT2D eigenvalue weighted by Gasteiger charge is -2.43. The molecule has 2 saturated carbocycles. The van der Waals surface area contributed by atoms with E-state index in [1.807, 2.05) is 11.6 Å². The van der Waals surface area contributed by atoms with Gasteiger partial charge in [-0.3, -0.25) is 4.79 Å². The lowest BCUT2D eigenvalue weighted by molar-refractivity contribution is -0.128. The van der Waals surface area contributed by atoms with E-state index in [-0.39, 0.29) is 36.6 Å². The molecule has 2 atom stereocenters. The van der Waals surface area contributed by atoms with Gasteiger partial charge in [-0.1, -0.05) is 6.42 Å². The van der Waals surface area contributed by atoms with E-state index in [0.29, 0.717) is 24.4 Å². The number of aromatic nitrogens is 3. The number of fused-ring (bicyclic) bond motifs is 2. The van der Waals surface area contributed by atoms with Gasteiger partial charge >= 0.3 is 0 Å². The summed E-state index contributed by atoms with van der Waals surface area (Å²) < 4.78 is 1.83. The smallest absolute Gasteiger partial charge is 0.223 e. The molecule has 1 aromatic rings. The molecule has 2 aliphatic carbocycles. The van der Waals surface area contributed by atoms with Gasteiger partial charge < -0.3 is 15.6 Å². The highest BCUT2D eigenvalue weighted by molar-refractivity contribution is 5.85. The fraction of sp³-hybridized carbons (Fsp3) is 0.786. The Morgan fingerprint density at radius 3 is 2.55 bits per heavy atom. The normalized spacial score (nSPS) is 29.9. The summed E-state index contributed by atoms with van der Waals surface area (Å²) in [6.07, 6.45) is 7.18. The maximum Gasteiger partial charge on any atom is 0.223 e. The van der Waals surface area contributed by atoms with Gasteiger partial charge in [-0.2, -0.15) is 0 Å². The number of nitrogens with zero attached hydrogens (tertiary/aromatic N) is 3. The minimum atomic E-state index is 0. The van der Waals surface area contributed by atoms with E-state index < -0.39 is 0 Å². The highest BCUT2D eigenvalue weighted by atomic mass is 35.5. The molecule has 1 amide bonds. The average molecular weight is 350 g/mol. The first kappa shape index (κ1) is 19.2. The summed E-state index contributed by atoms with van der Waals surface area (Å²) in [5.74, 6) is 2.13. The van der Waals surface area contributed by atoms with Crippen molar-refractivity contribution in [3.05, 3.63) is 12.2 Å². The number of hydrogen-bond donors (Lipinski definition) is 2. The molecular formula is C14H25Cl2N5O. The van der Waals surface area contributed by atoms with Crippen LogP contribution in [0, 0.1) is 17.8 Å². The average Bonchev–Trinajstić information content (AvgIpc) is 2.81. The van der Waals surface area contributed by atoms with Crippen LogP contribution in [0.3, 0.4) is 0 Å². The summed E-state index contributed by atoms with van der Waals surface area (Å²) in [5, 5.41) is 10.8. The maximum absolute atomic E-state index is 12.3. The van der Waals surface area contributed by atoms with Gasteiger partial charge in [0.1, 0.15) is 6.33 Å². The van der Waals surface area contributed by atoms with Crippen molar-refractivity contribution in [3.63, 3.8) is 0 Å². The van der Waals surface area contributed by atoms with E-state index in [0.717, 1.165) is 18.7 Å². The first-order valence-electron chi connectivity index (χ1n) is 7.51. The lowest BCUT2D eigenvalue weighted by atomic mass is 9.65. The van der Waals surface area contributed by atoms with Crippen LogP contribution < -0.4 is 11.1 Å². The van der Waals surface area contributed by atoms with E-state index in [9.17, 15) is 4.79 Å². The Morgan fingerprint density at radius 1 is 1.36 bits per heavy atom. The van der Waals surface area contributed by atoms with Crippen LogP contribution in [0.5, 0.6) is 0 Å². The lowest BCUT2D eigenvalue weighted by Crippen LogP contribution is -2.49. The summed E-state index contributed by atoms with van der Waals surface area (Å²) in [6.45, 7) is 0.452. The van der Waals surface area contributed by atoms with Crippen LogP contribution in [0.15, 0.2) is 6.33 Å².